The van der Waals surface area contributed by atoms with Crippen LogP contribution in [0.3, 0.4) is 0 Å². The third kappa shape index (κ3) is 1.84. The van der Waals surface area contributed by atoms with Gasteiger partial charge in [0.15, 0.2) is 0 Å². The zero-order valence-corrected chi connectivity index (χ0v) is 8.73. The Morgan fingerprint density at radius 3 is 3.00 bits per heavy atom. The summed E-state index contributed by atoms with van der Waals surface area (Å²) in [5.41, 5.74) is 2.99. The fourth-order valence-corrected chi connectivity index (χ4v) is 2.65. The normalized spacial score (nSPS) is 18.7. The molecule has 0 saturated carbocycles. The maximum absolute atomic E-state index is 3.38. The van der Waals surface area contributed by atoms with Gasteiger partial charge < -0.3 is 5.32 Å². The van der Waals surface area contributed by atoms with E-state index in [-0.39, 0.29) is 0 Å². The minimum absolute atomic E-state index is 0.466. The van der Waals surface area contributed by atoms with E-state index < -0.39 is 0 Å². The van der Waals surface area contributed by atoms with Gasteiger partial charge in [0.25, 0.3) is 0 Å². The van der Waals surface area contributed by atoms with Gasteiger partial charge in [-0.15, -0.1) is 0 Å². The van der Waals surface area contributed by atoms with Crippen LogP contribution >= 0.6 is 11.3 Å². The first-order valence-electron chi connectivity index (χ1n) is 4.80. The fraction of sp³-hybridized carbons (Fsp3) is 0.455. The molecule has 0 aromatic carbocycles. The van der Waals surface area contributed by atoms with E-state index in [0.29, 0.717) is 6.04 Å². The lowest BCUT2D eigenvalue weighted by atomic mass is 10.0. The Labute approximate surface area is 83.5 Å². The molecule has 13 heavy (non-hydrogen) atoms. The molecule has 0 amide bonds. The van der Waals surface area contributed by atoms with E-state index in [1.807, 2.05) is 7.05 Å². The predicted octanol–water partition coefficient (Wildman–Crippen LogP) is 3.12. The molecule has 0 radical (unpaired) electrons. The first kappa shape index (κ1) is 8.97. The zero-order valence-electron chi connectivity index (χ0n) is 7.92. The van der Waals surface area contributed by atoms with Crippen molar-refractivity contribution in [3.63, 3.8) is 0 Å². The summed E-state index contributed by atoms with van der Waals surface area (Å²) in [6, 6.07) is 2.68. The van der Waals surface area contributed by atoms with Crippen molar-refractivity contribution in [2.75, 3.05) is 7.05 Å². The summed E-state index contributed by atoms with van der Waals surface area (Å²) in [4.78, 5) is 0. The van der Waals surface area contributed by atoms with Gasteiger partial charge in [-0.3, -0.25) is 0 Å². The zero-order chi connectivity index (χ0) is 9.10. The van der Waals surface area contributed by atoms with Crippen molar-refractivity contribution in [1.82, 2.24) is 5.32 Å². The van der Waals surface area contributed by atoms with Gasteiger partial charge in [-0.05, 0) is 48.7 Å². The maximum Gasteiger partial charge on any atom is 0.0541 e. The number of rotatable bonds is 3. The van der Waals surface area contributed by atoms with Crippen LogP contribution in [0, 0.1) is 0 Å². The third-order valence-corrected chi connectivity index (χ3v) is 3.31. The van der Waals surface area contributed by atoms with Crippen LogP contribution in [0.2, 0.25) is 0 Å². The Hall–Kier alpha value is -0.600. The highest BCUT2D eigenvalue weighted by Crippen LogP contribution is 2.31. The first-order chi connectivity index (χ1) is 6.42. The lowest BCUT2D eigenvalue weighted by molar-refractivity contribution is 0.658. The SMILES string of the molecule is CNC(C1=CCCC1)c1ccsc1. The molecule has 0 spiro atoms. The maximum atomic E-state index is 3.38. The van der Waals surface area contributed by atoms with Gasteiger partial charge in [0, 0.05) is 0 Å². The molecule has 1 aliphatic rings. The summed E-state index contributed by atoms with van der Waals surface area (Å²) < 4.78 is 0. The lowest BCUT2D eigenvalue weighted by Crippen LogP contribution is -2.17. The minimum atomic E-state index is 0.466. The van der Waals surface area contributed by atoms with Gasteiger partial charge in [0.2, 0.25) is 0 Å². The smallest absolute Gasteiger partial charge is 0.0541 e. The van der Waals surface area contributed by atoms with E-state index in [4.69, 9.17) is 0 Å². The molecule has 0 fully saturated rings. The summed E-state index contributed by atoms with van der Waals surface area (Å²) >= 11 is 1.77. The molecule has 1 aliphatic carbocycles. The van der Waals surface area contributed by atoms with Crippen LogP contribution in [0.25, 0.3) is 0 Å². The molecule has 1 heterocycles. The van der Waals surface area contributed by atoms with Crippen molar-refractivity contribution in [2.45, 2.75) is 25.3 Å². The Bertz CT molecular complexity index is 287. The molecule has 1 atom stereocenters. The van der Waals surface area contributed by atoms with Crippen LogP contribution in [-0.2, 0) is 0 Å². The molecule has 1 N–H and O–H groups in total. The average Bonchev–Trinajstić information content (AvgIpc) is 2.76. The minimum Gasteiger partial charge on any atom is -0.310 e. The summed E-state index contributed by atoms with van der Waals surface area (Å²) in [7, 11) is 2.04. The van der Waals surface area contributed by atoms with Crippen LogP contribution in [0.1, 0.15) is 30.9 Å². The van der Waals surface area contributed by atoms with Gasteiger partial charge in [-0.25, -0.2) is 0 Å². The van der Waals surface area contributed by atoms with Gasteiger partial charge in [-0.1, -0.05) is 11.6 Å². The number of likely N-dealkylation sites (N-methyl/N-ethyl adjacent to an activating group) is 1. The van der Waals surface area contributed by atoms with E-state index in [2.05, 4.69) is 28.2 Å². The fourth-order valence-electron chi connectivity index (χ4n) is 1.96. The summed E-state index contributed by atoms with van der Waals surface area (Å²) in [5.74, 6) is 0. The molecule has 1 aromatic rings. The van der Waals surface area contributed by atoms with Crippen LogP contribution in [-0.4, -0.2) is 7.05 Å². The van der Waals surface area contributed by atoms with Crippen molar-refractivity contribution in [1.29, 1.82) is 0 Å². The van der Waals surface area contributed by atoms with Crippen LogP contribution in [0.5, 0.6) is 0 Å². The Morgan fingerprint density at radius 1 is 1.54 bits per heavy atom. The molecule has 2 rings (SSSR count). The van der Waals surface area contributed by atoms with Crippen molar-refractivity contribution >= 4 is 11.3 Å². The third-order valence-electron chi connectivity index (χ3n) is 2.61. The van der Waals surface area contributed by atoms with E-state index in [1.54, 1.807) is 16.9 Å². The average molecular weight is 193 g/mol. The molecule has 0 saturated heterocycles. The van der Waals surface area contributed by atoms with Gasteiger partial charge >= 0.3 is 0 Å². The van der Waals surface area contributed by atoms with Crippen molar-refractivity contribution < 1.29 is 0 Å². The highest BCUT2D eigenvalue weighted by atomic mass is 32.1. The second-order valence-electron chi connectivity index (χ2n) is 3.45. The largest absolute Gasteiger partial charge is 0.310 e. The topological polar surface area (TPSA) is 12.0 Å². The number of hydrogen-bond acceptors (Lipinski definition) is 2. The van der Waals surface area contributed by atoms with Gasteiger partial charge in [-0.2, -0.15) is 11.3 Å². The Kier molecular flexibility index (Phi) is 2.81. The molecule has 1 aromatic heterocycles. The monoisotopic (exact) mass is 193 g/mol. The molecule has 1 unspecified atom stereocenters. The van der Waals surface area contributed by atoms with E-state index in [0.717, 1.165) is 0 Å². The van der Waals surface area contributed by atoms with Gasteiger partial charge in [0.05, 0.1) is 6.04 Å². The standard InChI is InChI=1S/C11H15NS/c1-12-11(9-4-2-3-5-9)10-6-7-13-8-10/h4,6-8,11-12H,2-3,5H2,1H3. The van der Waals surface area contributed by atoms with Crippen LogP contribution < -0.4 is 5.32 Å². The molecular formula is C11H15NS. The van der Waals surface area contributed by atoms with E-state index in [9.17, 15) is 0 Å². The second-order valence-corrected chi connectivity index (χ2v) is 4.23. The second kappa shape index (κ2) is 4.07. The highest BCUT2D eigenvalue weighted by molar-refractivity contribution is 7.08. The molecular weight excluding hydrogens is 178 g/mol. The Morgan fingerprint density at radius 2 is 2.46 bits per heavy atom. The van der Waals surface area contributed by atoms with E-state index in [1.165, 1.54) is 24.8 Å². The quantitative estimate of drug-likeness (QED) is 0.727. The van der Waals surface area contributed by atoms with Crippen LogP contribution in [0.15, 0.2) is 28.5 Å². The molecule has 0 bridgehead atoms. The summed E-state index contributed by atoms with van der Waals surface area (Å²) in [5, 5.41) is 7.77. The van der Waals surface area contributed by atoms with Crippen molar-refractivity contribution in [3.05, 3.63) is 34.0 Å². The van der Waals surface area contributed by atoms with E-state index >= 15 is 0 Å². The number of hydrogen-bond donors (Lipinski definition) is 1. The molecule has 0 aliphatic heterocycles. The molecule has 2 heteroatoms. The molecule has 1 nitrogen and oxygen atoms in total. The van der Waals surface area contributed by atoms with Gasteiger partial charge in [0.1, 0.15) is 0 Å². The Balaban J connectivity index is 2.18. The van der Waals surface area contributed by atoms with Crippen molar-refractivity contribution in [3.8, 4) is 0 Å². The number of allylic oxidation sites excluding steroid dienone is 1. The lowest BCUT2D eigenvalue weighted by Gasteiger charge is -2.16. The summed E-state index contributed by atoms with van der Waals surface area (Å²) in [6.45, 7) is 0. The number of nitrogens with one attached hydrogen (secondary N) is 1. The van der Waals surface area contributed by atoms with Crippen molar-refractivity contribution in [2.24, 2.45) is 0 Å². The predicted molar refractivity (Wildman–Crippen MR) is 58.1 cm³/mol. The van der Waals surface area contributed by atoms with Crippen LogP contribution in [0.4, 0.5) is 0 Å². The highest BCUT2D eigenvalue weighted by Gasteiger charge is 2.16. The molecule has 70 valence electrons. The number of thiophene rings is 1. The first-order valence-corrected chi connectivity index (χ1v) is 5.74. The summed E-state index contributed by atoms with van der Waals surface area (Å²) in [6.07, 6.45) is 6.25.